The van der Waals surface area contributed by atoms with Crippen molar-refractivity contribution in [2.24, 2.45) is 0 Å². The summed E-state index contributed by atoms with van der Waals surface area (Å²) in [6, 6.07) is 5.98. The molecule has 10 radical (unpaired) electrons. The van der Waals surface area contributed by atoms with E-state index >= 15 is 0 Å². The molecular weight excluding hydrogens is 246 g/mol. The predicted octanol–water partition coefficient (Wildman–Crippen LogP) is 1.79. The second kappa shape index (κ2) is 5.03. The summed E-state index contributed by atoms with van der Waals surface area (Å²) in [5.41, 5.74) is 2.78. The van der Waals surface area contributed by atoms with Crippen LogP contribution in [0.3, 0.4) is 0 Å². The van der Waals surface area contributed by atoms with Crippen LogP contribution in [0.25, 0.3) is 0 Å². The molecule has 21 heavy (non-hydrogen) atoms. The maximum atomic E-state index is 6.72. The fourth-order valence-electron chi connectivity index (χ4n) is 3.98. The zero-order chi connectivity index (χ0) is 15.3. The molecule has 2 aliphatic carbocycles. The van der Waals surface area contributed by atoms with E-state index in [0.717, 1.165) is 42.4 Å². The summed E-state index contributed by atoms with van der Waals surface area (Å²) in [7, 11) is 32.1. The normalized spacial score (nSPS) is 25.9. The Morgan fingerprint density at radius 3 is 1.90 bits per heavy atom. The fraction of sp³-hybridized carbons (Fsp3) is 0.625. The molecule has 0 atom stereocenters. The minimum absolute atomic E-state index is 0.360. The highest BCUT2D eigenvalue weighted by Crippen LogP contribution is 2.47. The molecular formula is C16H17B5. The lowest BCUT2D eigenvalue weighted by Gasteiger charge is -2.48. The molecule has 0 nitrogen and oxygen atoms in total. The summed E-state index contributed by atoms with van der Waals surface area (Å²) in [5, 5.41) is -2.14. The van der Waals surface area contributed by atoms with Gasteiger partial charge in [-0.2, -0.15) is 0 Å². The van der Waals surface area contributed by atoms with Crippen molar-refractivity contribution in [1.82, 2.24) is 0 Å². The van der Waals surface area contributed by atoms with Crippen molar-refractivity contribution < 1.29 is 0 Å². The first-order valence-corrected chi connectivity index (χ1v) is 7.85. The molecule has 0 spiro atoms. The van der Waals surface area contributed by atoms with E-state index in [-0.39, 0.29) is 5.31 Å². The van der Waals surface area contributed by atoms with Gasteiger partial charge < -0.3 is 0 Å². The number of benzene rings is 1. The van der Waals surface area contributed by atoms with Crippen molar-refractivity contribution in [2.45, 2.75) is 60.7 Å². The number of hydrogen-bond acceptors (Lipinski definition) is 0. The Balaban J connectivity index is 2.19. The van der Waals surface area contributed by atoms with Gasteiger partial charge in [-0.15, -0.1) is 0 Å². The van der Waals surface area contributed by atoms with Crippen molar-refractivity contribution >= 4 is 39.2 Å². The SMILES string of the molecule is [B]C1([B])CCC([B])([B])c2c1cccc2C1([B])CCCCC1. The highest BCUT2D eigenvalue weighted by atomic mass is 14.4. The van der Waals surface area contributed by atoms with Crippen LogP contribution in [-0.4, -0.2) is 39.2 Å². The quantitative estimate of drug-likeness (QED) is 0.678. The number of hydrogen-bond donors (Lipinski definition) is 0. The Morgan fingerprint density at radius 1 is 0.667 bits per heavy atom. The van der Waals surface area contributed by atoms with E-state index in [0.29, 0.717) is 12.8 Å². The third-order valence-corrected chi connectivity index (χ3v) is 5.27. The van der Waals surface area contributed by atoms with Gasteiger partial charge in [0.05, 0.1) is 39.2 Å². The van der Waals surface area contributed by atoms with E-state index < -0.39 is 10.4 Å². The molecule has 0 saturated heterocycles. The third-order valence-electron chi connectivity index (χ3n) is 5.27. The summed E-state index contributed by atoms with van der Waals surface area (Å²) < 4.78 is 0. The molecule has 1 fully saturated rings. The van der Waals surface area contributed by atoms with Gasteiger partial charge in [0.15, 0.2) is 0 Å². The Labute approximate surface area is 135 Å². The Hall–Kier alpha value is -0.455. The zero-order valence-corrected chi connectivity index (χ0v) is 12.6. The van der Waals surface area contributed by atoms with Gasteiger partial charge in [-0.3, -0.25) is 0 Å². The van der Waals surface area contributed by atoms with E-state index in [2.05, 4.69) is 6.07 Å². The first-order valence-electron chi connectivity index (χ1n) is 7.85. The standard InChI is InChI=1S/C16H17B5/c17-14(7-2-1-3-8-14)11-5-4-6-12-13(11)16(20,21)10-9-15(12,18)19/h4-6H,1-3,7-10H2. The second-order valence-corrected chi connectivity index (χ2v) is 7.03. The highest BCUT2D eigenvalue weighted by molar-refractivity contribution is 6.44. The number of rotatable bonds is 1. The molecule has 0 aliphatic heterocycles. The van der Waals surface area contributed by atoms with E-state index in [1.165, 1.54) is 6.42 Å². The molecule has 0 heterocycles. The average molecular weight is 263 g/mol. The van der Waals surface area contributed by atoms with E-state index in [4.69, 9.17) is 39.2 Å². The largest absolute Gasteiger partial charge is 0.0810 e. The number of fused-ring (bicyclic) bond motifs is 1. The monoisotopic (exact) mass is 264 g/mol. The van der Waals surface area contributed by atoms with Crippen molar-refractivity contribution in [3.8, 4) is 0 Å². The topological polar surface area (TPSA) is 0 Å². The first kappa shape index (κ1) is 15.4. The van der Waals surface area contributed by atoms with Gasteiger partial charge in [-0.1, -0.05) is 84.7 Å². The third kappa shape index (κ3) is 2.55. The molecule has 1 saturated carbocycles. The van der Waals surface area contributed by atoms with Gasteiger partial charge in [0.1, 0.15) is 0 Å². The molecule has 1 aromatic carbocycles. The lowest BCUT2D eigenvalue weighted by Crippen LogP contribution is -2.45. The molecule has 1 aromatic rings. The molecule has 3 rings (SSSR count). The maximum absolute atomic E-state index is 6.72. The molecule has 96 valence electrons. The van der Waals surface area contributed by atoms with Crippen LogP contribution in [0.5, 0.6) is 0 Å². The first-order chi connectivity index (χ1) is 9.76. The predicted molar refractivity (Wildman–Crippen MR) is 92.6 cm³/mol. The van der Waals surface area contributed by atoms with Crippen LogP contribution in [0.4, 0.5) is 0 Å². The van der Waals surface area contributed by atoms with Crippen molar-refractivity contribution in [1.29, 1.82) is 0 Å². The van der Waals surface area contributed by atoms with Gasteiger partial charge in [-0.05, 0) is 10.9 Å². The average Bonchev–Trinajstić information content (AvgIpc) is 2.44. The van der Waals surface area contributed by atoms with Gasteiger partial charge in [0.25, 0.3) is 0 Å². The van der Waals surface area contributed by atoms with Crippen LogP contribution in [0, 0.1) is 0 Å². The van der Waals surface area contributed by atoms with Crippen LogP contribution >= 0.6 is 0 Å². The highest BCUT2D eigenvalue weighted by Gasteiger charge is 2.40. The minimum Gasteiger partial charge on any atom is -0.0753 e. The molecule has 0 unspecified atom stereocenters. The molecule has 2 aliphatic rings. The zero-order valence-electron chi connectivity index (χ0n) is 12.6. The smallest absolute Gasteiger partial charge is 0.0753 e. The molecule has 0 amide bonds. The van der Waals surface area contributed by atoms with Crippen molar-refractivity contribution in [3.05, 3.63) is 34.9 Å². The van der Waals surface area contributed by atoms with Crippen LogP contribution in [0.15, 0.2) is 18.2 Å². The Morgan fingerprint density at radius 2 is 1.24 bits per heavy atom. The van der Waals surface area contributed by atoms with E-state index in [1.807, 2.05) is 12.1 Å². The van der Waals surface area contributed by atoms with Crippen LogP contribution in [0.1, 0.15) is 61.6 Å². The van der Waals surface area contributed by atoms with Gasteiger partial charge in [-0.25, -0.2) is 0 Å². The molecule has 0 aromatic heterocycles. The Bertz CT molecular complexity index is 544. The maximum Gasteiger partial charge on any atom is 0.0810 e. The Kier molecular flexibility index (Phi) is 3.70. The van der Waals surface area contributed by atoms with Crippen molar-refractivity contribution in [3.63, 3.8) is 0 Å². The summed E-state index contributed by atoms with van der Waals surface area (Å²) in [6.07, 6.45) is 6.58. The van der Waals surface area contributed by atoms with E-state index in [9.17, 15) is 0 Å². The van der Waals surface area contributed by atoms with Crippen molar-refractivity contribution in [2.75, 3.05) is 0 Å². The molecule has 5 heteroatoms. The van der Waals surface area contributed by atoms with Crippen LogP contribution < -0.4 is 0 Å². The fourth-order valence-corrected chi connectivity index (χ4v) is 3.98. The summed E-state index contributed by atoms with van der Waals surface area (Å²) >= 11 is 0. The lowest BCUT2D eigenvalue weighted by molar-refractivity contribution is 0.392. The minimum atomic E-state index is -0.905. The molecule has 0 bridgehead atoms. The summed E-state index contributed by atoms with van der Waals surface area (Å²) in [4.78, 5) is 0. The van der Waals surface area contributed by atoms with Gasteiger partial charge >= 0.3 is 0 Å². The van der Waals surface area contributed by atoms with Gasteiger partial charge in [0.2, 0.25) is 0 Å². The van der Waals surface area contributed by atoms with E-state index in [1.54, 1.807) is 0 Å². The lowest BCUT2D eigenvalue weighted by atomic mass is 9.35. The van der Waals surface area contributed by atoms with Crippen LogP contribution in [0.2, 0.25) is 0 Å². The summed E-state index contributed by atoms with van der Waals surface area (Å²) in [6.45, 7) is 0. The molecule has 0 N–H and O–H groups in total. The summed E-state index contributed by atoms with van der Waals surface area (Å²) in [5.74, 6) is 0. The van der Waals surface area contributed by atoms with Crippen LogP contribution in [-0.2, 0) is 15.7 Å². The van der Waals surface area contributed by atoms with Gasteiger partial charge in [0, 0.05) is 0 Å². The second-order valence-electron chi connectivity index (χ2n) is 7.03.